The second-order valence-corrected chi connectivity index (χ2v) is 8.09. The van der Waals surface area contributed by atoms with Gasteiger partial charge in [-0.1, -0.05) is 30.3 Å². The van der Waals surface area contributed by atoms with Crippen LogP contribution in [0.25, 0.3) is 11.0 Å². The molecule has 2 N–H and O–H groups in total. The Morgan fingerprint density at radius 1 is 1.00 bits per heavy atom. The standard InChI is InChI=1S/C22H28N6/c1-26-22-19(20(23)25-26)17-10-13-27(14-16-8-4-2-5-9-16)15-18(17)21(24-22)28-11-6-3-7-12-28/h2,4-5,8-9H,3,6-7,10-15H2,1H3,(H2,23,25). The second-order valence-electron chi connectivity index (χ2n) is 8.09. The molecule has 0 amide bonds. The van der Waals surface area contributed by atoms with Crippen molar-refractivity contribution in [3.63, 3.8) is 0 Å². The summed E-state index contributed by atoms with van der Waals surface area (Å²) in [5.41, 5.74) is 11.3. The van der Waals surface area contributed by atoms with Crippen molar-refractivity contribution in [3.05, 3.63) is 47.0 Å². The minimum absolute atomic E-state index is 0.614. The first-order chi connectivity index (χ1) is 13.7. The summed E-state index contributed by atoms with van der Waals surface area (Å²) >= 11 is 0. The van der Waals surface area contributed by atoms with Crippen LogP contribution in [0, 0.1) is 0 Å². The number of nitrogens with two attached hydrogens (primary N) is 1. The number of piperidine rings is 1. The van der Waals surface area contributed by atoms with Gasteiger partial charge in [0.15, 0.2) is 11.5 Å². The molecule has 5 rings (SSSR count). The Labute approximate surface area is 165 Å². The lowest BCUT2D eigenvalue weighted by Crippen LogP contribution is -2.35. The van der Waals surface area contributed by atoms with E-state index in [4.69, 9.17) is 10.7 Å². The summed E-state index contributed by atoms with van der Waals surface area (Å²) < 4.78 is 1.84. The van der Waals surface area contributed by atoms with Gasteiger partial charge in [-0.2, -0.15) is 5.10 Å². The van der Waals surface area contributed by atoms with Crippen LogP contribution in [0.5, 0.6) is 0 Å². The van der Waals surface area contributed by atoms with Gasteiger partial charge in [-0.25, -0.2) is 9.67 Å². The SMILES string of the molecule is Cn1nc(N)c2c3c(c(N4CCCCC4)nc21)CN(Cc1ccccc1)CC3. The first-order valence-electron chi connectivity index (χ1n) is 10.4. The van der Waals surface area contributed by atoms with Crippen LogP contribution in [0.15, 0.2) is 30.3 Å². The van der Waals surface area contributed by atoms with E-state index in [0.717, 1.165) is 56.0 Å². The molecule has 6 nitrogen and oxygen atoms in total. The zero-order valence-corrected chi connectivity index (χ0v) is 16.6. The molecule has 1 aromatic carbocycles. The number of nitrogen functional groups attached to an aromatic ring is 1. The molecule has 0 aliphatic carbocycles. The molecule has 3 aromatic rings. The molecule has 6 heteroatoms. The average molecular weight is 377 g/mol. The van der Waals surface area contributed by atoms with Gasteiger partial charge < -0.3 is 10.6 Å². The molecule has 0 spiro atoms. The van der Waals surface area contributed by atoms with E-state index in [2.05, 4.69) is 45.2 Å². The van der Waals surface area contributed by atoms with Crippen molar-refractivity contribution < 1.29 is 0 Å². The van der Waals surface area contributed by atoms with Crippen LogP contribution in [0.3, 0.4) is 0 Å². The van der Waals surface area contributed by atoms with Crippen molar-refractivity contribution in [2.24, 2.45) is 7.05 Å². The molecule has 0 unspecified atom stereocenters. The molecule has 2 aliphatic heterocycles. The Morgan fingerprint density at radius 3 is 2.57 bits per heavy atom. The van der Waals surface area contributed by atoms with Crippen LogP contribution < -0.4 is 10.6 Å². The maximum absolute atomic E-state index is 6.29. The quantitative estimate of drug-likeness (QED) is 0.761. The number of hydrogen-bond donors (Lipinski definition) is 1. The Bertz CT molecular complexity index is 987. The average Bonchev–Trinajstić information content (AvgIpc) is 3.02. The molecule has 0 radical (unpaired) electrons. The molecule has 0 saturated carbocycles. The van der Waals surface area contributed by atoms with Gasteiger partial charge in [-0.3, -0.25) is 4.90 Å². The molecule has 0 bridgehead atoms. The molecule has 146 valence electrons. The van der Waals surface area contributed by atoms with Gasteiger partial charge >= 0.3 is 0 Å². The highest BCUT2D eigenvalue weighted by Gasteiger charge is 2.28. The first-order valence-corrected chi connectivity index (χ1v) is 10.4. The fraction of sp³-hybridized carbons (Fsp3) is 0.455. The number of benzene rings is 1. The predicted molar refractivity (Wildman–Crippen MR) is 113 cm³/mol. The van der Waals surface area contributed by atoms with Gasteiger partial charge in [0.25, 0.3) is 0 Å². The normalized spacial score (nSPS) is 17.8. The van der Waals surface area contributed by atoms with E-state index in [9.17, 15) is 0 Å². The summed E-state index contributed by atoms with van der Waals surface area (Å²) in [7, 11) is 1.95. The number of rotatable bonds is 3. The van der Waals surface area contributed by atoms with Gasteiger partial charge in [0.2, 0.25) is 0 Å². The fourth-order valence-electron chi connectivity index (χ4n) is 4.77. The van der Waals surface area contributed by atoms with Crippen molar-refractivity contribution in [1.29, 1.82) is 0 Å². The Balaban J connectivity index is 1.57. The molecular weight excluding hydrogens is 348 g/mol. The largest absolute Gasteiger partial charge is 0.382 e. The van der Waals surface area contributed by atoms with E-state index in [0.29, 0.717) is 5.82 Å². The third kappa shape index (κ3) is 3.02. The topological polar surface area (TPSA) is 63.2 Å². The zero-order valence-electron chi connectivity index (χ0n) is 16.6. The molecule has 1 saturated heterocycles. The highest BCUT2D eigenvalue weighted by atomic mass is 15.3. The van der Waals surface area contributed by atoms with Gasteiger partial charge in [0.05, 0.1) is 5.39 Å². The number of aryl methyl sites for hydroxylation is 1. The second kappa shape index (κ2) is 7.09. The van der Waals surface area contributed by atoms with Crippen molar-refractivity contribution >= 4 is 22.7 Å². The summed E-state index contributed by atoms with van der Waals surface area (Å²) in [6.45, 7) is 5.12. The molecule has 28 heavy (non-hydrogen) atoms. The van der Waals surface area contributed by atoms with E-state index in [1.165, 1.54) is 36.0 Å². The molecule has 2 aliphatic rings. The molecule has 2 aromatic heterocycles. The Morgan fingerprint density at radius 2 is 1.79 bits per heavy atom. The summed E-state index contributed by atoms with van der Waals surface area (Å²) in [6.07, 6.45) is 4.81. The lowest BCUT2D eigenvalue weighted by Gasteiger charge is -2.35. The van der Waals surface area contributed by atoms with Crippen LogP contribution in [-0.4, -0.2) is 39.3 Å². The van der Waals surface area contributed by atoms with Crippen LogP contribution in [0.1, 0.15) is 36.0 Å². The van der Waals surface area contributed by atoms with Gasteiger partial charge in [-0.05, 0) is 36.8 Å². The predicted octanol–water partition coefficient (Wildman–Crippen LogP) is 3.10. The Hall–Kier alpha value is -2.60. The van der Waals surface area contributed by atoms with Gasteiger partial charge in [0, 0.05) is 45.3 Å². The highest BCUT2D eigenvalue weighted by Crippen LogP contribution is 2.36. The van der Waals surface area contributed by atoms with Crippen LogP contribution in [-0.2, 0) is 26.6 Å². The van der Waals surface area contributed by atoms with Crippen molar-refractivity contribution in [1.82, 2.24) is 19.7 Å². The van der Waals surface area contributed by atoms with E-state index in [1.807, 2.05) is 11.7 Å². The number of fused-ring (bicyclic) bond motifs is 3. The lowest BCUT2D eigenvalue weighted by molar-refractivity contribution is 0.246. The number of nitrogens with zero attached hydrogens (tertiary/aromatic N) is 5. The zero-order chi connectivity index (χ0) is 19.1. The van der Waals surface area contributed by atoms with Crippen molar-refractivity contribution in [2.75, 3.05) is 30.3 Å². The summed E-state index contributed by atoms with van der Waals surface area (Å²) in [4.78, 5) is 10.1. The minimum Gasteiger partial charge on any atom is -0.382 e. The van der Waals surface area contributed by atoms with E-state index < -0.39 is 0 Å². The number of hydrogen-bond acceptors (Lipinski definition) is 5. The first kappa shape index (κ1) is 17.5. The molecule has 4 heterocycles. The maximum Gasteiger partial charge on any atom is 0.162 e. The van der Waals surface area contributed by atoms with Crippen molar-refractivity contribution in [2.45, 2.75) is 38.8 Å². The maximum atomic E-state index is 6.29. The fourth-order valence-corrected chi connectivity index (χ4v) is 4.77. The summed E-state index contributed by atoms with van der Waals surface area (Å²) in [5, 5.41) is 5.54. The van der Waals surface area contributed by atoms with E-state index >= 15 is 0 Å². The van der Waals surface area contributed by atoms with Crippen LogP contribution in [0.4, 0.5) is 11.6 Å². The highest BCUT2D eigenvalue weighted by molar-refractivity contribution is 5.92. The van der Waals surface area contributed by atoms with Gasteiger partial charge in [-0.15, -0.1) is 0 Å². The van der Waals surface area contributed by atoms with Crippen LogP contribution in [0.2, 0.25) is 0 Å². The van der Waals surface area contributed by atoms with E-state index in [1.54, 1.807) is 0 Å². The summed E-state index contributed by atoms with van der Waals surface area (Å²) in [5.74, 6) is 1.77. The monoisotopic (exact) mass is 376 g/mol. The van der Waals surface area contributed by atoms with E-state index in [-0.39, 0.29) is 0 Å². The van der Waals surface area contributed by atoms with Crippen molar-refractivity contribution in [3.8, 4) is 0 Å². The molecular formula is C22H28N6. The smallest absolute Gasteiger partial charge is 0.162 e. The summed E-state index contributed by atoms with van der Waals surface area (Å²) in [6, 6.07) is 10.7. The third-order valence-corrected chi connectivity index (χ3v) is 6.16. The van der Waals surface area contributed by atoms with Gasteiger partial charge in [0.1, 0.15) is 5.82 Å². The number of anilines is 2. The number of pyridine rings is 1. The lowest BCUT2D eigenvalue weighted by atomic mass is 9.96. The Kier molecular flexibility index (Phi) is 4.43. The molecule has 1 fully saturated rings. The number of aromatic nitrogens is 3. The minimum atomic E-state index is 0.614. The third-order valence-electron chi connectivity index (χ3n) is 6.16. The van der Waals surface area contributed by atoms with Crippen LogP contribution >= 0.6 is 0 Å². The molecule has 0 atom stereocenters.